The van der Waals surface area contributed by atoms with Crippen LogP contribution in [0, 0.1) is 0 Å². The second-order valence-electron chi connectivity index (χ2n) is 9.21. The van der Waals surface area contributed by atoms with Gasteiger partial charge in [0.15, 0.2) is 0 Å². The van der Waals surface area contributed by atoms with Crippen LogP contribution in [0.4, 0.5) is 0 Å². The van der Waals surface area contributed by atoms with Crippen molar-refractivity contribution in [2.24, 2.45) is 4.99 Å². The third-order valence-corrected chi connectivity index (χ3v) is 10.5. The molecule has 0 bridgehead atoms. The van der Waals surface area contributed by atoms with Gasteiger partial charge in [-0.2, -0.15) is 0 Å². The number of nitrogens with zero attached hydrogens (tertiary/aromatic N) is 1. The van der Waals surface area contributed by atoms with Gasteiger partial charge in [-0.25, -0.2) is 5.09 Å². The summed E-state index contributed by atoms with van der Waals surface area (Å²) in [5.41, 5.74) is 5.72. The first kappa shape index (κ1) is 23.8. The van der Waals surface area contributed by atoms with Crippen LogP contribution >= 0.6 is 18.6 Å². The zero-order valence-corrected chi connectivity index (χ0v) is 22.2. The maximum Gasteiger partial charge on any atom is 0.205 e. The molecular formula is C32H27N2OPS. The number of hydrogen-bond acceptors (Lipinski definition) is 3. The molecule has 1 aliphatic carbocycles. The Labute approximate surface area is 222 Å². The van der Waals surface area contributed by atoms with Gasteiger partial charge in [-0.05, 0) is 53.8 Å². The van der Waals surface area contributed by atoms with Crippen molar-refractivity contribution in [3.8, 4) is 11.1 Å². The molecule has 0 unspecified atom stereocenters. The Morgan fingerprint density at radius 1 is 0.649 bits per heavy atom. The van der Waals surface area contributed by atoms with Crippen molar-refractivity contribution >= 4 is 35.0 Å². The lowest BCUT2D eigenvalue weighted by Crippen LogP contribution is -2.34. The van der Waals surface area contributed by atoms with Gasteiger partial charge in [0.05, 0.1) is 17.8 Å². The lowest BCUT2D eigenvalue weighted by atomic mass is 10.1. The number of nitrogens with one attached hydrogen (secondary N) is 1. The van der Waals surface area contributed by atoms with Crippen LogP contribution in [0.5, 0.6) is 0 Å². The van der Waals surface area contributed by atoms with E-state index < -0.39 is 7.29 Å². The fourth-order valence-corrected chi connectivity index (χ4v) is 8.55. The summed E-state index contributed by atoms with van der Waals surface area (Å²) in [6, 6.07) is 40.2. The van der Waals surface area contributed by atoms with Gasteiger partial charge in [-0.15, -0.1) is 11.3 Å². The molecule has 5 heteroatoms. The van der Waals surface area contributed by atoms with E-state index in [1.807, 2.05) is 66.7 Å². The van der Waals surface area contributed by atoms with E-state index in [0.717, 1.165) is 32.3 Å². The zero-order chi connectivity index (χ0) is 25.2. The van der Waals surface area contributed by atoms with Crippen molar-refractivity contribution in [2.75, 3.05) is 0 Å². The van der Waals surface area contributed by atoms with Crippen LogP contribution in [0.3, 0.4) is 0 Å². The van der Waals surface area contributed by atoms with Crippen molar-refractivity contribution in [3.63, 3.8) is 0 Å². The normalized spacial score (nSPS) is 14.0. The number of benzene rings is 4. The molecule has 0 spiro atoms. The smallest absolute Gasteiger partial charge is 0.205 e. The standard InChI is InChI=1S/C32H27N2OPS/c1-23(33-32-28-19-10-8-17-26(28)27-18-9-11-20-29(27)32)31(30-21-12-22-37-30)34-36(35,24-13-4-2-5-14-24)25-15-6-3-7-16-25/h2-23,31H,1H3,(H,34,35)/t23-,31+/m1/s1. The summed E-state index contributed by atoms with van der Waals surface area (Å²) in [7, 11) is -3.16. The minimum atomic E-state index is -3.16. The average molecular weight is 519 g/mol. The maximum atomic E-state index is 14.9. The molecule has 1 N–H and O–H groups in total. The van der Waals surface area contributed by atoms with E-state index >= 15 is 0 Å². The SMILES string of the molecule is C[C@@H](N=C1c2ccccc2-c2ccccc21)[C@H](NP(=O)(c1ccccc1)c1ccccc1)c1cccs1. The first-order valence-electron chi connectivity index (χ1n) is 12.4. The Hall–Kier alpha value is -3.56. The predicted molar refractivity (Wildman–Crippen MR) is 157 cm³/mol. The number of thiophene rings is 1. The molecule has 3 nitrogen and oxygen atoms in total. The molecule has 6 rings (SSSR count). The Morgan fingerprint density at radius 3 is 1.62 bits per heavy atom. The molecule has 0 aliphatic heterocycles. The quantitative estimate of drug-likeness (QED) is 0.227. The molecule has 0 saturated carbocycles. The highest BCUT2D eigenvalue weighted by Crippen LogP contribution is 2.44. The molecule has 37 heavy (non-hydrogen) atoms. The largest absolute Gasteiger partial charge is 0.297 e. The summed E-state index contributed by atoms with van der Waals surface area (Å²) in [5.74, 6) is 0. The summed E-state index contributed by atoms with van der Waals surface area (Å²) < 4.78 is 14.9. The van der Waals surface area contributed by atoms with Crippen LogP contribution in [-0.2, 0) is 4.57 Å². The molecule has 1 aliphatic rings. The summed E-state index contributed by atoms with van der Waals surface area (Å²) >= 11 is 1.67. The van der Waals surface area contributed by atoms with Crippen molar-refractivity contribution in [1.29, 1.82) is 0 Å². The summed E-state index contributed by atoms with van der Waals surface area (Å²) in [6.45, 7) is 2.12. The van der Waals surface area contributed by atoms with Crippen molar-refractivity contribution < 1.29 is 4.57 Å². The number of hydrogen-bond donors (Lipinski definition) is 1. The van der Waals surface area contributed by atoms with Gasteiger partial charge in [0.2, 0.25) is 7.29 Å². The van der Waals surface area contributed by atoms with Gasteiger partial charge in [0.25, 0.3) is 0 Å². The Bertz CT molecular complexity index is 1510. The van der Waals surface area contributed by atoms with Gasteiger partial charge in [-0.1, -0.05) is 91.0 Å². The minimum absolute atomic E-state index is 0.173. The monoisotopic (exact) mass is 518 g/mol. The van der Waals surface area contributed by atoms with Crippen LogP contribution in [-0.4, -0.2) is 11.8 Å². The molecule has 0 radical (unpaired) electrons. The van der Waals surface area contributed by atoms with E-state index in [4.69, 9.17) is 4.99 Å². The molecule has 5 aromatic rings. The van der Waals surface area contributed by atoms with Crippen molar-refractivity contribution in [3.05, 3.63) is 143 Å². The fraction of sp³-hybridized carbons (Fsp3) is 0.0938. The highest BCUT2D eigenvalue weighted by Gasteiger charge is 2.34. The molecule has 1 heterocycles. The van der Waals surface area contributed by atoms with E-state index in [-0.39, 0.29) is 12.1 Å². The van der Waals surface area contributed by atoms with Crippen LogP contribution in [0.1, 0.15) is 29.0 Å². The van der Waals surface area contributed by atoms with E-state index in [9.17, 15) is 4.57 Å². The average Bonchev–Trinajstić information content (AvgIpc) is 3.60. The summed E-state index contributed by atoms with van der Waals surface area (Å²) in [5, 5.41) is 7.30. The Balaban J connectivity index is 1.46. The fourth-order valence-electron chi connectivity index (χ4n) is 5.06. The molecular weight excluding hydrogens is 491 g/mol. The molecule has 182 valence electrons. The van der Waals surface area contributed by atoms with Gasteiger partial charge in [0.1, 0.15) is 0 Å². The summed E-state index contributed by atoms with van der Waals surface area (Å²) in [4.78, 5) is 6.44. The molecule has 4 aromatic carbocycles. The van der Waals surface area contributed by atoms with E-state index in [1.165, 1.54) is 11.1 Å². The van der Waals surface area contributed by atoms with Crippen LogP contribution in [0.15, 0.2) is 132 Å². The summed E-state index contributed by atoms with van der Waals surface area (Å²) in [6.07, 6.45) is 0. The number of fused-ring (bicyclic) bond motifs is 3. The van der Waals surface area contributed by atoms with Gasteiger partial charge in [-0.3, -0.25) is 9.56 Å². The lowest BCUT2D eigenvalue weighted by Gasteiger charge is -2.29. The van der Waals surface area contributed by atoms with Crippen molar-refractivity contribution in [1.82, 2.24) is 5.09 Å². The van der Waals surface area contributed by atoms with Crippen molar-refractivity contribution in [2.45, 2.75) is 19.0 Å². The predicted octanol–water partition coefficient (Wildman–Crippen LogP) is 7.21. The highest BCUT2D eigenvalue weighted by atomic mass is 32.1. The molecule has 2 atom stereocenters. The maximum absolute atomic E-state index is 14.9. The molecule has 0 saturated heterocycles. The van der Waals surface area contributed by atoms with E-state index in [2.05, 4.69) is 72.0 Å². The topological polar surface area (TPSA) is 41.5 Å². The number of rotatable bonds is 7. The minimum Gasteiger partial charge on any atom is -0.297 e. The van der Waals surface area contributed by atoms with Crippen LogP contribution in [0.2, 0.25) is 0 Å². The van der Waals surface area contributed by atoms with Gasteiger partial charge < -0.3 is 0 Å². The highest BCUT2D eigenvalue weighted by molar-refractivity contribution is 7.76. The van der Waals surface area contributed by atoms with Crippen LogP contribution < -0.4 is 15.7 Å². The Kier molecular flexibility index (Phi) is 6.48. The zero-order valence-electron chi connectivity index (χ0n) is 20.5. The third-order valence-electron chi connectivity index (χ3n) is 6.88. The first-order chi connectivity index (χ1) is 18.1. The third kappa shape index (κ3) is 4.42. The second kappa shape index (κ2) is 10.1. The van der Waals surface area contributed by atoms with Crippen LogP contribution in [0.25, 0.3) is 11.1 Å². The molecule has 1 aromatic heterocycles. The lowest BCUT2D eigenvalue weighted by molar-refractivity contribution is 0.527. The number of aliphatic imine (C=N–C) groups is 1. The molecule has 0 amide bonds. The Morgan fingerprint density at radius 2 is 1.14 bits per heavy atom. The molecule has 0 fully saturated rings. The van der Waals surface area contributed by atoms with E-state index in [1.54, 1.807) is 11.3 Å². The van der Waals surface area contributed by atoms with Gasteiger partial charge in [0, 0.05) is 26.6 Å². The van der Waals surface area contributed by atoms with E-state index in [0.29, 0.717) is 0 Å². The second-order valence-corrected chi connectivity index (χ2v) is 12.7. The first-order valence-corrected chi connectivity index (χ1v) is 15.0. The van der Waals surface area contributed by atoms with Gasteiger partial charge >= 0.3 is 0 Å².